The highest BCUT2D eigenvalue weighted by molar-refractivity contribution is 8.68. The van der Waals surface area contributed by atoms with Crippen molar-refractivity contribution in [2.75, 3.05) is 12.8 Å². The first-order valence-electron chi connectivity index (χ1n) is 4.14. The summed E-state index contributed by atoms with van der Waals surface area (Å²) in [5.41, 5.74) is -1.94. The summed E-state index contributed by atoms with van der Waals surface area (Å²) in [7, 11) is 0. The Morgan fingerprint density at radius 2 is 2.31 bits per heavy atom. The third-order valence-corrected chi connectivity index (χ3v) is 6.62. The maximum atomic E-state index is 5.62. The molecule has 0 aliphatic rings. The van der Waals surface area contributed by atoms with E-state index in [1.165, 1.54) is 0 Å². The van der Waals surface area contributed by atoms with E-state index in [4.69, 9.17) is 16.3 Å². The lowest BCUT2D eigenvalue weighted by atomic mass is 10.5. The highest BCUT2D eigenvalue weighted by Gasteiger charge is 2.15. The molecule has 0 spiro atoms. The van der Waals surface area contributed by atoms with Crippen LogP contribution in [0.1, 0.15) is 20.8 Å². The van der Waals surface area contributed by atoms with Gasteiger partial charge < -0.3 is 9.61 Å². The van der Waals surface area contributed by atoms with Crippen LogP contribution in [0.3, 0.4) is 0 Å². The molecule has 0 heterocycles. The molecule has 0 saturated carbocycles. The van der Waals surface area contributed by atoms with E-state index < -0.39 is 5.62 Å². The predicted molar refractivity (Wildman–Crippen MR) is 66.2 cm³/mol. The van der Waals surface area contributed by atoms with E-state index in [0.29, 0.717) is 0 Å². The van der Waals surface area contributed by atoms with E-state index >= 15 is 0 Å². The number of rotatable bonds is 6. The van der Waals surface area contributed by atoms with Gasteiger partial charge in [0, 0.05) is 6.54 Å². The van der Waals surface area contributed by atoms with Crippen molar-refractivity contribution in [2.24, 2.45) is 4.99 Å². The van der Waals surface area contributed by atoms with Crippen LogP contribution in [0.4, 0.5) is 0 Å². The van der Waals surface area contributed by atoms with Crippen LogP contribution in [0, 0.1) is 0 Å². The van der Waals surface area contributed by atoms with E-state index in [1.807, 2.05) is 27.0 Å². The second-order valence-corrected chi connectivity index (χ2v) is 9.29. The van der Waals surface area contributed by atoms with Gasteiger partial charge in [0.2, 0.25) is 5.62 Å². The maximum Gasteiger partial charge on any atom is 0.211 e. The summed E-state index contributed by atoms with van der Waals surface area (Å²) in [4.78, 5) is 4.04. The fourth-order valence-corrected chi connectivity index (χ4v) is 3.53. The Morgan fingerprint density at radius 1 is 1.69 bits per heavy atom. The van der Waals surface area contributed by atoms with Gasteiger partial charge in [0.25, 0.3) is 0 Å². The smallest absolute Gasteiger partial charge is 0.211 e. The topological polar surface area (TPSA) is 33.6 Å². The van der Waals surface area contributed by atoms with E-state index in [1.54, 1.807) is 17.7 Å². The van der Waals surface area contributed by atoms with Gasteiger partial charge >= 0.3 is 0 Å². The lowest BCUT2D eigenvalue weighted by Crippen LogP contribution is -2.11. The summed E-state index contributed by atoms with van der Waals surface area (Å²) >= 11 is 6.89. The van der Waals surface area contributed by atoms with Crippen molar-refractivity contribution < 1.29 is 4.52 Å². The van der Waals surface area contributed by atoms with E-state index in [0.717, 1.165) is 6.54 Å². The highest BCUT2D eigenvalue weighted by atomic mass is 32.9. The molecule has 0 amide bonds. The quantitative estimate of drug-likeness (QED) is 0.439. The first-order valence-corrected chi connectivity index (χ1v) is 8.69. The van der Waals surface area contributed by atoms with Gasteiger partial charge in [0.05, 0.1) is 12.4 Å². The summed E-state index contributed by atoms with van der Waals surface area (Å²) in [5, 5.41) is 3.05. The maximum absolute atomic E-state index is 5.62. The molecule has 78 valence electrons. The Hall–Kier alpha value is 0.430. The molecule has 3 nitrogen and oxygen atoms in total. The number of nitrogens with one attached hydrogen (secondary N) is 1. The minimum atomic E-state index is -1.94. The molecule has 0 aliphatic heterocycles. The summed E-state index contributed by atoms with van der Waals surface area (Å²) in [6.45, 7) is 6.70. The second kappa shape index (κ2) is 6.82. The molecule has 0 bridgehead atoms. The molecular formula is C7H17N2OPS2. The Labute approximate surface area is 89.6 Å². The molecule has 1 N–H and O–H groups in total. The molecule has 0 aliphatic carbocycles. The van der Waals surface area contributed by atoms with Crippen LogP contribution >= 0.6 is 17.0 Å². The van der Waals surface area contributed by atoms with Gasteiger partial charge in [-0.3, -0.25) is 4.99 Å². The van der Waals surface area contributed by atoms with Gasteiger partial charge in [0.15, 0.2) is 0 Å². The molecule has 1 atom stereocenters. The van der Waals surface area contributed by atoms with Gasteiger partial charge in [-0.1, -0.05) is 11.4 Å². The predicted octanol–water partition coefficient (Wildman–Crippen LogP) is 2.64. The summed E-state index contributed by atoms with van der Waals surface area (Å²) in [6, 6.07) is 0. The Morgan fingerprint density at radius 3 is 2.69 bits per heavy atom. The van der Waals surface area contributed by atoms with Gasteiger partial charge in [-0.15, -0.1) is 0 Å². The van der Waals surface area contributed by atoms with E-state index in [-0.39, 0.29) is 6.10 Å². The fourth-order valence-electron chi connectivity index (χ4n) is 0.607. The lowest BCUT2D eigenvalue weighted by molar-refractivity contribution is 0.274. The van der Waals surface area contributed by atoms with Crippen molar-refractivity contribution in [3.8, 4) is 0 Å². The average molecular weight is 240 g/mol. The molecule has 13 heavy (non-hydrogen) atoms. The van der Waals surface area contributed by atoms with E-state index in [9.17, 15) is 0 Å². The molecule has 0 rings (SSSR count). The van der Waals surface area contributed by atoms with Gasteiger partial charge in [-0.05, 0) is 38.8 Å². The summed E-state index contributed by atoms with van der Waals surface area (Å²) in [5.74, 6) is 0. The van der Waals surface area contributed by atoms with Crippen molar-refractivity contribution in [3.63, 3.8) is 0 Å². The third kappa shape index (κ3) is 6.49. The third-order valence-electron chi connectivity index (χ3n) is 1.08. The van der Waals surface area contributed by atoms with Gasteiger partial charge in [0.1, 0.15) is 0 Å². The van der Waals surface area contributed by atoms with Crippen molar-refractivity contribution in [1.82, 2.24) is 5.09 Å². The van der Waals surface area contributed by atoms with Crippen LogP contribution in [0.25, 0.3) is 0 Å². The Bertz CT molecular complexity index is 209. The van der Waals surface area contributed by atoms with Crippen LogP contribution in [-0.2, 0) is 16.3 Å². The second-order valence-electron chi connectivity index (χ2n) is 2.59. The zero-order valence-corrected chi connectivity index (χ0v) is 11.0. The van der Waals surface area contributed by atoms with Gasteiger partial charge in [-0.25, -0.2) is 0 Å². The number of hydrogen-bond acceptors (Lipinski definition) is 4. The molecule has 0 aromatic heterocycles. The van der Waals surface area contributed by atoms with Crippen molar-refractivity contribution in [2.45, 2.75) is 26.9 Å². The van der Waals surface area contributed by atoms with Crippen molar-refractivity contribution in [3.05, 3.63) is 0 Å². The van der Waals surface area contributed by atoms with Crippen LogP contribution < -0.4 is 5.09 Å². The number of nitrogens with zero attached hydrogens (tertiary/aromatic N) is 1. The van der Waals surface area contributed by atoms with Crippen LogP contribution in [0.15, 0.2) is 4.99 Å². The van der Waals surface area contributed by atoms with Crippen molar-refractivity contribution >= 4 is 35.1 Å². The zero-order valence-electron chi connectivity index (χ0n) is 8.48. The first-order chi connectivity index (χ1) is 6.04. The zero-order chi connectivity index (χ0) is 10.3. The fraction of sp³-hybridized carbons (Fsp3) is 0.857. The monoisotopic (exact) mass is 240 g/mol. The van der Waals surface area contributed by atoms with Gasteiger partial charge in [-0.2, -0.15) is 0 Å². The highest BCUT2D eigenvalue weighted by Crippen LogP contribution is 2.54. The first kappa shape index (κ1) is 13.4. The van der Waals surface area contributed by atoms with Crippen molar-refractivity contribution in [1.29, 1.82) is 0 Å². The van der Waals surface area contributed by atoms with Crippen LogP contribution in [-0.4, -0.2) is 25.2 Å². The molecule has 0 saturated heterocycles. The standard InChI is InChI=1S/C7H17N2OPS2/c1-5-8-6-9-11(12,13-4)10-7(2)3/h6-7H,5H2,1-4H3,(H,8,9,12). The molecule has 1 unspecified atom stereocenters. The normalized spacial score (nSPS) is 16.4. The summed E-state index contributed by atoms with van der Waals surface area (Å²) in [6.07, 6.45) is 3.76. The SMILES string of the molecule is CCN=CNP(=S)(OC(C)C)SC. The minimum Gasteiger partial charge on any atom is -0.324 e. The molecule has 0 aromatic rings. The molecule has 0 radical (unpaired) electrons. The number of hydrogen-bond donors (Lipinski definition) is 1. The minimum absolute atomic E-state index is 0.154. The Balaban J connectivity index is 4.12. The van der Waals surface area contributed by atoms with Crippen LogP contribution in [0.5, 0.6) is 0 Å². The average Bonchev–Trinajstić information content (AvgIpc) is 2.04. The largest absolute Gasteiger partial charge is 0.324 e. The number of aliphatic imine (C=N–C) groups is 1. The van der Waals surface area contributed by atoms with E-state index in [2.05, 4.69) is 10.1 Å². The molecular weight excluding hydrogens is 223 g/mol. The molecule has 0 aromatic carbocycles. The lowest BCUT2D eigenvalue weighted by Gasteiger charge is -2.21. The molecule has 6 heteroatoms. The van der Waals surface area contributed by atoms with Crippen LogP contribution in [0.2, 0.25) is 0 Å². The Kier molecular flexibility index (Phi) is 7.05. The molecule has 0 fully saturated rings. The summed E-state index contributed by atoms with van der Waals surface area (Å²) < 4.78 is 5.62.